The highest BCUT2D eigenvalue weighted by molar-refractivity contribution is 5.68. The first-order valence-corrected chi connectivity index (χ1v) is 7.30. The Kier molecular flexibility index (Phi) is 4.60. The van der Waals surface area contributed by atoms with Crippen molar-refractivity contribution < 1.29 is 13.9 Å². The third-order valence-electron chi connectivity index (χ3n) is 3.41. The summed E-state index contributed by atoms with van der Waals surface area (Å²) in [6.45, 7) is 7.59. The number of halogens is 1. The van der Waals surface area contributed by atoms with Crippen molar-refractivity contribution in [1.29, 1.82) is 0 Å². The van der Waals surface area contributed by atoms with E-state index >= 15 is 0 Å². The van der Waals surface area contributed by atoms with E-state index in [0.717, 1.165) is 0 Å². The van der Waals surface area contributed by atoms with Crippen molar-refractivity contribution in [3.8, 4) is 12.3 Å². The Morgan fingerprint density at radius 2 is 1.91 bits per heavy atom. The summed E-state index contributed by atoms with van der Waals surface area (Å²) in [6.07, 6.45) is 4.96. The van der Waals surface area contributed by atoms with E-state index in [1.807, 2.05) is 25.7 Å². The lowest BCUT2D eigenvalue weighted by atomic mass is 10.1. The summed E-state index contributed by atoms with van der Waals surface area (Å²) in [5, 5.41) is 0. The van der Waals surface area contributed by atoms with Gasteiger partial charge >= 0.3 is 6.09 Å². The molecule has 0 bridgehead atoms. The van der Waals surface area contributed by atoms with Crippen LogP contribution in [0.4, 0.5) is 14.9 Å². The number of piperazine rings is 1. The van der Waals surface area contributed by atoms with Crippen LogP contribution in [0.2, 0.25) is 0 Å². The number of anilines is 1. The van der Waals surface area contributed by atoms with Crippen LogP contribution in [0.15, 0.2) is 18.2 Å². The molecule has 1 aromatic rings. The Labute approximate surface area is 130 Å². The van der Waals surface area contributed by atoms with Crippen molar-refractivity contribution in [2.45, 2.75) is 26.4 Å². The van der Waals surface area contributed by atoms with E-state index in [0.29, 0.717) is 31.9 Å². The van der Waals surface area contributed by atoms with Gasteiger partial charge in [0.15, 0.2) is 5.82 Å². The molecule has 1 aliphatic heterocycles. The summed E-state index contributed by atoms with van der Waals surface area (Å²) in [5.74, 6) is 1.96. The highest BCUT2D eigenvalue weighted by atomic mass is 19.1. The Balaban J connectivity index is 2.01. The maximum absolute atomic E-state index is 14.2. The molecule has 4 nitrogen and oxygen atoms in total. The van der Waals surface area contributed by atoms with Gasteiger partial charge in [-0.1, -0.05) is 12.0 Å². The van der Waals surface area contributed by atoms with Crippen LogP contribution in [0.3, 0.4) is 0 Å². The first kappa shape index (κ1) is 16.2. The van der Waals surface area contributed by atoms with Gasteiger partial charge in [-0.25, -0.2) is 9.18 Å². The molecule has 1 aliphatic rings. The molecule has 0 N–H and O–H groups in total. The highest BCUT2D eigenvalue weighted by Gasteiger charge is 2.27. The standard InChI is InChI=1S/C17H21FN2O2/c1-5-13-7-6-8-14(15(13)18)19-9-11-20(12-10-19)16(21)22-17(2,3)4/h1,6-8H,9-12H2,2-4H3. The van der Waals surface area contributed by atoms with Crippen LogP contribution in [-0.4, -0.2) is 42.8 Å². The summed E-state index contributed by atoms with van der Waals surface area (Å²) < 4.78 is 19.6. The fourth-order valence-electron chi connectivity index (χ4n) is 2.33. The molecule has 0 spiro atoms. The van der Waals surface area contributed by atoms with E-state index < -0.39 is 5.60 Å². The number of benzene rings is 1. The van der Waals surface area contributed by atoms with Crippen LogP contribution in [-0.2, 0) is 4.74 Å². The highest BCUT2D eigenvalue weighted by Crippen LogP contribution is 2.23. The molecule has 0 unspecified atom stereocenters. The maximum Gasteiger partial charge on any atom is 0.410 e. The quantitative estimate of drug-likeness (QED) is 0.748. The average molecular weight is 304 g/mol. The molecule has 1 amide bonds. The van der Waals surface area contributed by atoms with Gasteiger partial charge in [0.2, 0.25) is 0 Å². The second-order valence-electron chi connectivity index (χ2n) is 6.24. The smallest absolute Gasteiger partial charge is 0.410 e. The zero-order valence-corrected chi connectivity index (χ0v) is 13.2. The van der Waals surface area contributed by atoms with E-state index in [9.17, 15) is 9.18 Å². The molecule has 5 heteroatoms. The van der Waals surface area contributed by atoms with Gasteiger partial charge in [-0.3, -0.25) is 0 Å². The van der Waals surface area contributed by atoms with Crippen molar-refractivity contribution in [3.63, 3.8) is 0 Å². The number of amides is 1. The summed E-state index contributed by atoms with van der Waals surface area (Å²) in [5.41, 5.74) is 0.230. The first-order valence-electron chi connectivity index (χ1n) is 7.30. The van der Waals surface area contributed by atoms with Crippen molar-refractivity contribution in [2.24, 2.45) is 0 Å². The predicted molar refractivity (Wildman–Crippen MR) is 84.4 cm³/mol. The number of hydrogen-bond acceptors (Lipinski definition) is 3. The summed E-state index contributed by atoms with van der Waals surface area (Å²) in [4.78, 5) is 15.6. The summed E-state index contributed by atoms with van der Waals surface area (Å²) in [7, 11) is 0. The molecule has 0 radical (unpaired) electrons. The predicted octanol–water partition coefficient (Wildman–Crippen LogP) is 2.86. The zero-order chi connectivity index (χ0) is 16.3. The average Bonchev–Trinajstić information content (AvgIpc) is 2.46. The molecule has 22 heavy (non-hydrogen) atoms. The van der Waals surface area contributed by atoms with Crippen molar-refractivity contribution >= 4 is 11.8 Å². The molecule has 1 heterocycles. The Morgan fingerprint density at radius 1 is 1.27 bits per heavy atom. The largest absolute Gasteiger partial charge is 0.444 e. The molecular weight excluding hydrogens is 283 g/mol. The fourth-order valence-corrected chi connectivity index (χ4v) is 2.33. The van der Waals surface area contributed by atoms with Crippen LogP contribution in [0.25, 0.3) is 0 Å². The van der Waals surface area contributed by atoms with Gasteiger partial charge in [0.25, 0.3) is 0 Å². The minimum Gasteiger partial charge on any atom is -0.444 e. The van der Waals surface area contributed by atoms with E-state index in [2.05, 4.69) is 5.92 Å². The van der Waals surface area contributed by atoms with Gasteiger partial charge in [-0.05, 0) is 32.9 Å². The van der Waals surface area contributed by atoms with Crippen LogP contribution in [0.1, 0.15) is 26.3 Å². The number of hydrogen-bond donors (Lipinski definition) is 0. The number of carbonyl (C=O) groups excluding carboxylic acids is 1. The fraction of sp³-hybridized carbons (Fsp3) is 0.471. The van der Waals surface area contributed by atoms with E-state index in [4.69, 9.17) is 11.2 Å². The number of carbonyl (C=O) groups is 1. The normalized spacial score (nSPS) is 15.4. The zero-order valence-electron chi connectivity index (χ0n) is 13.2. The molecule has 0 saturated carbocycles. The third kappa shape index (κ3) is 3.70. The Bertz CT molecular complexity index is 594. The first-order chi connectivity index (χ1) is 10.3. The second kappa shape index (κ2) is 6.27. The lowest BCUT2D eigenvalue weighted by Crippen LogP contribution is -2.50. The van der Waals surface area contributed by atoms with Gasteiger partial charge in [-0.15, -0.1) is 6.42 Å². The van der Waals surface area contributed by atoms with Gasteiger partial charge in [0.1, 0.15) is 5.60 Å². The molecule has 1 saturated heterocycles. The van der Waals surface area contributed by atoms with E-state index in [1.165, 1.54) is 0 Å². The van der Waals surface area contributed by atoms with Crippen LogP contribution >= 0.6 is 0 Å². The molecule has 0 aliphatic carbocycles. The second-order valence-corrected chi connectivity index (χ2v) is 6.24. The maximum atomic E-state index is 14.2. The van der Waals surface area contributed by atoms with Gasteiger partial charge in [-0.2, -0.15) is 0 Å². The van der Waals surface area contributed by atoms with Crippen LogP contribution in [0.5, 0.6) is 0 Å². The molecule has 118 valence electrons. The minimum absolute atomic E-state index is 0.257. The molecule has 2 rings (SSSR count). The number of nitrogens with zero attached hydrogens (tertiary/aromatic N) is 2. The molecule has 1 fully saturated rings. The Hall–Kier alpha value is -2.22. The van der Waals surface area contributed by atoms with E-state index in [-0.39, 0.29) is 17.5 Å². The minimum atomic E-state index is -0.512. The van der Waals surface area contributed by atoms with Gasteiger partial charge in [0, 0.05) is 26.2 Å². The number of ether oxygens (including phenoxy) is 1. The molecule has 1 aromatic carbocycles. The molecule has 0 atom stereocenters. The Morgan fingerprint density at radius 3 is 2.45 bits per heavy atom. The third-order valence-corrected chi connectivity index (χ3v) is 3.41. The monoisotopic (exact) mass is 304 g/mol. The SMILES string of the molecule is C#Cc1cccc(N2CCN(C(=O)OC(C)(C)C)CC2)c1F. The summed E-state index contributed by atoms with van der Waals surface area (Å²) >= 11 is 0. The lowest BCUT2D eigenvalue weighted by Gasteiger charge is -2.36. The van der Waals surface area contributed by atoms with Crippen LogP contribution < -0.4 is 4.90 Å². The van der Waals surface area contributed by atoms with Crippen molar-refractivity contribution in [1.82, 2.24) is 4.90 Å². The molecular formula is C17H21FN2O2. The number of rotatable bonds is 1. The topological polar surface area (TPSA) is 32.8 Å². The van der Waals surface area contributed by atoms with E-state index in [1.54, 1.807) is 23.1 Å². The molecule has 0 aromatic heterocycles. The summed E-state index contributed by atoms with van der Waals surface area (Å²) in [6, 6.07) is 5.03. The van der Waals surface area contributed by atoms with Gasteiger partial charge in [0.05, 0.1) is 11.3 Å². The van der Waals surface area contributed by atoms with Crippen molar-refractivity contribution in [2.75, 3.05) is 31.1 Å². The van der Waals surface area contributed by atoms with Crippen LogP contribution in [0, 0.1) is 18.2 Å². The van der Waals surface area contributed by atoms with Gasteiger partial charge < -0.3 is 14.5 Å². The lowest BCUT2D eigenvalue weighted by molar-refractivity contribution is 0.0240. The number of terminal acetylenes is 1. The van der Waals surface area contributed by atoms with Crippen molar-refractivity contribution in [3.05, 3.63) is 29.6 Å².